The molecule has 0 heterocycles. The largest absolute Gasteiger partial charge is 0.494 e. The highest BCUT2D eigenvalue weighted by Gasteiger charge is 2.04. The summed E-state index contributed by atoms with van der Waals surface area (Å²) in [4.78, 5) is 26.8. The van der Waals surface area contributed by atoms with Crippen LogP contribution in [0.5, 0.6) is 5.75 Å². The summed E-state index contributed by atoms with van der Waals surface area (Å²) in [5.74, 6) is 0.440. The van der Waals surface area contributed by atoms with Crippen molar-refractivity contribution >= 4 is 11.9 Å². The van der Waals surface area contributed by atoms with Gasteiger partial charge in [0, 0.05) is 12.8 Å². The van der Waals surface area contributed by atoms with Gasteiger partial charge in [0.15, 0.2) is 0 Å². The first-order valence-electron chi connectivity index (χ1n) is 6.12. The van der Waals surface area contributed by atoms with Crippen molar-refractivity contribution in [3.8, 4) is 5.75 Å². The third-order valence-corrected chi connectivity index (χ3v) is 2.14. The molecule has 1 aromatic carbocycles. The fourth-order valence-electron chi connectivity index (χ4n) is 1.19. The molecule has 6 heteroatoms. The van der Waals surface area contributed by atoms with Gasteiger partial charge in [0.1, 0.15) is 5.75 Å². The van der Waals surface area contributed by atoms with E-state index in [1.54, 1.807) is 6.92 Å². The molecule has 2 N–H and O–H groups in total. The SMILES string of the molecule is CCC(=O)NC(=O)NOCCCOc1ccccc1. The van der Waals surface area contributed by atoms with Crippen LogP contribution < -0.4 is 15.5 Å². The number of carbonyl (C=O) groups is 2. The van der Waals surface area contributed by atoms with E-state index in [0.29, 0.717) is 19.6 Å². The van der Waals surface area contributed by atoms with Crippen molar-refractivity contribution in [3.63, 3.8) is 0 Å². The lowest BCUT2D eigenvalue weighted by molar-refractivity contribution is -0.119. The number of hydrogen-bond acceptors (Lipinski definition) is 4. The molecule has 0 unspecified atom stereocenters. The summed E-state index contributed by atoms with van der Waals surface area (Å²) in [6.07, 6.45) is 0.870. The average molecular weight is 266 g/mol. The second-order valence-corrected chi connectivity index (χ2v) is 3.70. The van der Waals surface area contributed by atoms with Crippen LogP contribution in [0.25, 0.3) is 0 Å². The quantitative estimate of drug-likeness (QED) is 0.581. The Morgan fingerprint density at radius 3 is 2.58 bits per heavy atom. The molecule has 0 spiro atoms. The maximum atomic E-state index is 11.1. The summed E-state index contributed by atoms with van der Waals surface area (Å²) >= 11 is 0. The predicted molar refractivity (Wildman–Crippen MR) is 69.5 cm³/mol. The lowest BCUT2D eigenvalue weighted by atomic mass is 10.3. The van der Waals surface area contributed by atoms with Gasteiger partial charge in [-0.1, -0.05) is 25.1 Å². The molecule has 0 aromatic heterocycles. The van der Waals surface area contributed by atoms with Crippen LogP contribution in [0, 0.1) is 0 Å². The van der Waals surface area contributed by atoms with E-state index >= 15 is 0 Å². The Balaban J connectivity index is 1.99. The Morgan fingerprint density at radius 1 is 1.16 bits per heavy atom. The van der Waals surface area contributed by atoms with Crippen molar-refractivity contribution in [2.45, 2.75) is 19.8 Å². The smallest absolute Gasteiger partial charge is 0.345 e. The van der Waals surface area contributed by atoms with Crippen LogP contribution in [0.3, 0.4) is 0 Å². The number of ether oxygens (including phenoxy) is 1. The van der Waals surface area contributed by atoms with Crippen LogP contribution in [0.4, 0.5) is 4.79 Å². The number of para-hydroxylation sites is 1. The molecule has 0 fully saturated rings. The molecule has 0 bridgehead atoms. The topological polar surface area (TPSA) is 76.7 Å². The second kappa shape index (κ2) is 8.93. The molecule has 6 nitrogen and oxygen atoms in total. The van der Waals surface area contributed by atoms with Gasteiger partial charge in [-0.15, -0.1) is 0 Å². The maximum Gasteiger partial charge on any atom is 0.345 e. The fourth-order valence-corrected chi connectivity index (χ4v) is 1.19. The van der Waals surface area contributed by atoms with E-state index < -0.39 is 6.03 Å². The van der Waals surface area contributed by atoms with Gasteiger partial charge in [0.05, 0.1) is 13.2 Å². The number of urea groups is 1. The molecule has 1 aromatic rings. The normalized spacial score (nSPS) is 9.74. The fraction of sp³-hybridized carbons (Fsp3) is 0.385. The summed E-state index contributed by atoms with van der Waals surface area (Å²) in [7, 11) is 0. The average Bonchev–Trinajstić information content (AvgIpc) is 2.43. The second-order valence-electron chi connectivity index (χ2n) is 3.70. The molecule has 1 rings (SSSR count). The molecule has 0 aliphatic heterocycles. The molecule has 0 saturated heterocycles. The Morgan fingerprint density at radius 2 is 1.89 bits per heavy atom. The molecule has 104 valence electrons. The van der Waals surface area contributed by atoms with Gasteiger partial charge in [0.25, 0.3) is 0 Å². The van der Waals surface area contributed by atoms with Crippen molar-refractivity contribution in [3.05, 3.63) is 30.3 Å². The third-order valence-electron chi connectivity index (χ3n) is 2.14. The van der Waals surface area contributed by atoms with E-state index in [0.717, 1.165) is 5.75 Å². The zero-order chi connectivity index (χ0) is 13.9. The minimum Gasteiger partial charge on any atom is -0.494 e. The van der Waals surface area contributed by atoms with Crippen LogP contribution >= 0.6 is 0 Å². The van der Waals surface area contributed by atoms with Crippen LogP contribution in [-0.2, 0) is 9.63 Å². The van der Waals surface area contributed by atoms with E-state index in [-0.39, 0.29) is 12.3 Å². The molecule has 3 amide bonds. The first-order valence-corrected chi connectivity index (χ1v) is 6.12. The van der Waals surface area contributed by atoms with Gasteiger partial charge in [-0.05, 0) is 12.1 Å². The summed E-state index contributed by atoms with van der Waals surface area (Å²) in [5, 5.41) is 2.10. The first kappa shape index (κ1) is 15.0. The standard InChI is InChI=1S/C13H18N2O4/c1-2-12(16)14-13(17)15-19-10-6-9-18-11-7-4-3-5-8-11/h3-5,7-8H,2,6,9-10H2,1H3,(H2,14,15,16,17). The number of rotatable bonds is 7. The molecular weight excluding hydrogens is 248 g/mol. The molecule has 0 radical (unpaired) electrons. The number of hydrogen-bond donors (Lipinski definition) is 2. The highest BCUT2D eigenvalue weighted by molar-refractivity contribution is 5.93. The summed E-state index contributed by atoms with van der Waals surface area (Å²) < 4.78 is 5.43. The molecule has 0 atom stereocenters. The minimum atomic E-state index is -0.657. The molecule has 19 heavy (non-hydrogen) atoms. The van der Waals surface area contributed by atoms with Crippen LogP contribution in [0.2, 0.25) is 0 Å². The third kappa shape index (κ3) is 7.05. The molecular formula is C13H18N2O4. The zero-order valence-electron chi connectivity index (χ0n) is 10.8. The number of imide groups is 1. The summed E-state index contributed by atoms with van der Waals surface area (Å²) in [6, 6.07) is 8.77. The van der Waals surface area contributed by atoms with Crippen molar-refractivity contribution in [1.29, 1.82) is 0 Å². The van der Waals surface area contributed by atoms with Gasteiger partial charge in [-0.3, -0.25) is 14.9 Å². The highest BCUT2D eigenvalue weighted by atomic mass is 16.7. The van der Waals surface area contributed by atoms with Gasteiger partial charge in [-0.2, -0.15) is 0 Å². The maximum absolute atomic E-state index is 11.1. The highest BCUT2D eigenvalue weighted by Crippen LogP contribution is 2.08. The Labute approximate surface area is 112 Å². The van der Waals surface area contributed by atoms with E-state index in [9.17, 15) is 9.59 Å². The molecule has 0 aliphatic carbocycles. The van der Waals surface area contributed by atoms with E-state index in [2.05, 4.69) is 10.8 Å². The Kier molecular flexibility index (Phi) is 7.04. The van der Waals surface area contributed by atoms with E-state index in [1.807, 2.05) is 30.3 Å². The van der Waals surface area contributed by atoms with Gasteiger partial charge < -0.3 is 4.74 Å². The van der Waals surface area contributed by atoms with Gasteiger partial charge in [-0.25, -0.2) is 10.3 Å². The minimum absolute atomic E-state index is 0.248. The van der Waals surface area contributed by atoms with E-state index in [4.69, 9.17) is 9.57 Å². The molecule has 0 aliphatic rings. The van der Waals surface area contributed by atoms with E-state index in [1.165, 1.54) is 0 Å². The Bertz CT molecular complexity index is 395. The molecule has 0 saturated carbocycles. The lowest BCUT2D eigenvalue weighted by Gasteiger charge is -2.07. The first-order chi connectivity index (χ1) is 9.22. The van der Waals surface area contributed by atoms with Crippen molar-refractivity contribution < 1.29 is 19.2 Å². The lowest BCUT2D eigenvalue weighted by Crippen LogP contribution is -2.39. The Hall–Kier alpha value is -2.08. The number of amides is 3. The van der Waals surface area contributed by atoms with Crippen LogP contribution in [0.1, 0.15) is 19.8 Å². The monoisotopic (exact) mass is 266 g/mol. The zero-order valence-corrected chi connectivity index (χ0v) is 10.8. The van der Waals surface area contributed by atoms with Gasteiger partial charge >= 0.3 is 6.03 Å². The number of nitrogens with one attached hydrogen (secondary N) is 2. The number of benzene rings is 1. The van der Waals surface area contributed by atoms with Crippen LogP contribution in [-0.4, -0.2) is 25.2 Å². The van der Waals surface area contributed by atoms with Crippen molar-refractivity contribution in [1.82, 2.24) is 10.8 Å². The van der Waals surface area contributed by atoms with Crippen molar-refractivity contribution in [2.24, 2.45) is 0 Å². The van der Waals surface area contributed by atoms with Crippen molar-refractivity contribution in [2.75, 3.05) is 13.2 Å². The predicted octanol–water partition coefficient (Wildman–Crippen LogP) is 1.62. The summed E-state index contributed by atoms with van der Waals surface area (Å²) in [5.41, 5.74) is 2.12. The number of hydroxylamine groups is 1. The number of carbonyl (C=O) groups excluding carboxylic acids is 2. The van der Waals surface area contributed by atoms with Gasteiger partial charge in [0.2, 0.25) is 5.91 Å². The summed E-state index contributed by atoms with van der Waals surface area (Å²) in [6.45, 7) is 2.45. The van der Waals surface area contributed by atoms with Crippen LogP contribution in [0.15, 0.2) is 30.3 Å².